The second-order valence-electron chi connectivity index (χ2n) is 6.88. The standard InChI is InChI=1S/C21H20N2O5/c1-27-16-5-2-14(3-6-16)20(25)23-10-8-13(9-11-23)19(24)15-4-7-17-18(12-15)28-21(26)22-17/h2-7,12-13H,8-11H2,1H3,(H,22,26). The number of Topliss-reactive ketones (excluding diaryl/α,β-unsaturated/α-hetero) is 1. The van der Waals surface area contributed by atoms with Crippen LogP contribution in [0, 0.1) is 5.92 Å². The molecule has 4 rings (SSSR count). The topological polar surface area (TPSA) is 92.6 Å². The molecule has 7 nitrogen and oxygen atoms in total. The van der Waals surface area contributed by atoms with Gasteiger partial charge >= 0.3 is 5.76 Å². The number of rotatable bonds is 4. The van der Waals surface area contributed by atoms with Crippen molar-refractivity contribution in [2.45, 2.75) is 12.8 Å². The highest BCUT2D eigenvalue weighted by Gasteiger charge is 2.28. The van der Waals surface area contributed by atoms with Crippen LogP contribution in [0.25, 0.3) is 11.1 Å². The third-order valence-electron chi connectivity index (χ3n) is 5.20. The highest BCUT2D eigenvalue weighted by Crippen LogP contribution is 2.25. The van der Waals surface area contributed by atoms with Crippen LogP contribution >= 0.6 is 0 Å². The lowest BCUT2D eigenvalue weighted by Gasteiger charge is -2.31. The SMILES string of the molecule is COc1ccc(C(=O)N2CCC(C(=O)c3ccc4[nH]c(=O)oc4c3)CC2)cc1. The number of hydrogen-bond acceptors (Lipinski definition) is 5. The van der Waals surface area contributed by atoms with Crippen LogP contribution in [0.1, 0.15) is 33.6 Å². The number of hydrogen-bond donors (Lipinski definition) is 1. The minimum Gasteiger partial charge on any atom is -0.497 e. The molecule has 3 aromatic rings. The van der Waals surface area contributed by atoms with Crippen molar-refractivity contribution < 1.29 is 18.7 Å². The number of aromatic nitrogens is 1. The van der Waals surface area contributed by atoms with Gasteiger partial charge in [-0.15, -0.1) is 0 Å². The number of benzene rings is 2. The number of carbonyl (C=O) groups excluding carboxylic acids is 2. The Labute approximate surface area is 160 Å². The first-order valence-electron chi connectivity index (χ1n) is 9.15. The molecule has 0 unspecified atom stereocenters. The van der Waals surface area contributed by atoms with Crippen molar-refractivity contribution in [3.63, 3.8) is 0 Å². The number of nitrogens with zero attached hydrogens (tertiary/aromatic N) is 1. The Bertz CT molecular complexity index is 1070. The first kappa shape index (κ1) is 18.0. The average Bonchev–Trinajstić information content (AvgIpc) is 3.12. The molecule has 1 aromatic heterocycles. The molecule has 1 fully saturated rings. The van der Waals surface area contributed by atoms with Crippen molar-refractivity contribution >= 4 is 22.8 Å². The second-order valence-corrected chi connectivity index (χ2v) is 6.88. The number of fused-ring (bicyclic) bond motifs is 1. The van der Waals surface area contributed by atoms with Crippen LogP contribution in [0.4, 0.5) is 0 Å². The van der Waals surface area contributed by atoms with E-state index in [4.69, 9.17) is 9.15 Å². The van der Waals surface area contributed by atoms with Gasteiger partial charge in [0.05, 0.1) is 12.6 Å². The van der Waals surface area contributed by atoms with Crippen molar-refractivity contribution in [2.24, 2.45) is 5.92 Å². The zero-order valence-electron chi connectivity index (χ0n) is 15.4. The lowest BCUT2D eigenvalue weighted by Crippen LogP contribution is -2.40. The van der Waals surface area contributed by atoms with Gasteiger partial charge in [-0.3, -0.25) is 14.6 Å². The summed E-state index contributed by atoms with van der Waals surface area (Å²) in [4.78, 5) is 41.1. The van der Waals surface area contributed by atoms with E-state index in [1.165, 1.54) is 0 Å². The average molecular weight is 380 g/mol. The summed E-state index contributed by atoms with van der Waals surface area (Å²) in [5.41, 5.74) is 2.08. The third kappa shape index (κ3) is 3.43. The summed E-state index contributed by atoms with van der Waals surface area (Å²) in [6.07, 6.45) is 1.21. The molecular weight excluding hydrogens is 360 g/mol. The van der Waals surface area contributed by atoms with Crippen LogP contribution < -0.4 is 10.5 Å². The fraction of sp³-hybridized carbons (Fsp3) is 0.286. The molecule has 0 radical (unpaired) electrons. The van der Waals surface area contributed by atoms with Gasteiger partial charge in [-0.05, 0) is 55.3 Å². The van der Waals surface area contributed by atoms with Crippen molar-refractivity contribution in [3.8, 4) is 5.75 Å². The molecule has 1 aliphatic rings. The van der Waals surface area contributed by atoms with Gasteiger partial charge in [-0.25, -0.2) is 4.79 Å². The smallest absolute Gasteiger partial charge is 0.417 e. The number of ketones is 1. The van der Waals surface area contributed by atoms with Crippen molar-refractivity contribution in [1.29, 1.82) is 0 Å². The summed E-state index contributed by atoms with van der Waals surface area (Å²) in [5.74, 6) is -0.00423. The Morgan fingerprint density at radius 1 is 1.07 bits per heavy atom. The highest BCUT2D eigenvalue weighted by molar-refractivity contribution is 6.00. The van der Waals surface area contributed by atoms with Gasteiger partial charge in [0.25, 0.3) is 5.91 Å². The van der Waals surface area contributed by atoms with E-state index in [1.807, 2.05) is 0 Å². The number of likely N-dealkylation sites (tertiary alicyclic amines) is 1. The normalized spacial score (nSPS) is 15.0. The number of carbonyl (C=O) groups is 2. The van der Waals surface area contributed by atoms with E-state index in [0.29, 0.717) is 53.9 Å². The van der Waals surface area contributed by atoms with Crippen LogP contribution in [0.2, 0.25) is 0 Å². The van der Waals surface area contributed by atoms with Crippen LogP contribution in [-0.4, -0.2) is 41.8 Å². The number of aromatic amines is 1. The predicted molar refractivity (Wildman–Crippen MR) is 103 cm³/mol. The Balaban J connectivity index is 1.41. The van der Waals surface area contributed by atoms with Gasteiger partial charge < -0.3 is 14.1 Å². The maximum Gasteiger partial charge on any atom is 0.417 e. The molecule has 0 aliphatic carbocycles. The summed E-state index contributed by atoms with van der Waals surface area (Å²) < 4.78 is 10.2. The Morgan fingerprint density at radius 3 is 2.43 bits per heavy atom. The van der Waals surface area contributed by atoms with E-state index >= 15 is 0 Å². The number of methoxy groups -OCH3 is 1. The van der Waals surface area contributed by atoms with Gasteiger partial charge in [-0.2, -0.15) is 0 Å². The fourth-order valence-corrected chi connectivity index (χ4v) is 3.60. The van der Waals surface area contributed by atoms with Crippen LogP contribution in [0.5, 0.6) is 5.75 Å². The quantitative estimate of drug-likeness (QED) is 0.703. The summed E-state index contributed by atoms with van der Waals surface area (Å²) in [7, 11) is 1.58. The van der Waals surface area contributed by atoms with E-state index in [2.05, 4.69) is 4.98 Å². The van der Waals surface area contributed by atoms with Gasteiger partial charge in [0, 0.05) is 30.1 Å². The van der Waals surface area contributed by atoms with Crippen LogP contribution in [0.15, 0.2) is 51.7 Å². The number of amides is 1. The maximum absolute atomic E-state index is 12.8. The highest BCUT2D eigenvalue weighted by atomic mass is 16.5. The van der Waals surface area contributed by atoms with Gasteiger partial charge in [0.1, 0.15) is 5.75 Å². The van der Waals surface area contributed by atoms with Crippen molar-refractivity contribution in [1.82, 2.24) is 9.88 Å². The number of ether oxygens (including phenoxy) is 1. The molecule has 0 atom stereocenters. The van der Waals surface area contributed by atoms with E-state index < -0.39 is 5.76 Å². The van der Waals surface area contributed by atoms with Gasteiger partial charge in [0.15, 0.2) is 11.4 Å². The molecule has 0 saturated carbocycles. The molecule has 1 saturated heterocycles. The number of H-pyrrole nitrogens is 1. The summed E-state index contributed by atoms with van der Waals surface area (Å²) in [6.45, 7) is 1.06. The number of oxazole rings is 1. The first-order chi connectivity index (χ1) is 13.5. The number of piperidine rings is 1. The lowest BCUT2D eigenvalue weighted by atomic mass is 9.88. The number of nitrogens with one attached hydrogen (secondary N) is 1. The Kier molecular flexibility index (Phi) is 4.73. The van der Waals surface area contributed by atoms with E-state index in [1.54, 1.807) is 54.5 Å². The minimum absolute atomic E-state index is 0.0160. The molecule has 2 heterocycles. The molecule has 1 aliphatic heterocycles. The molecule has 28 heavy (non-hydrogen) atoms. The third-order valence-corrected chi connectivity index (χ3v) is 5.20. The maximum atomic E-state index is 12.8. The Hall–Kier alpha value is -3.35. The molecule has 1 N–H and O–H groups in total. The van der Waals surface area contributed by atoms with Crippen LogP contribution in [0.3, 0.4) is 0 Å². The summed E-state index contributed by atoms with van der Waals surface area (Å²) in [6, 6.07) is 12.0. The first-order valence-corrected chi connectivity index (χ1v) is 9.15. The molecule has 144 valence electrons. The van der Waals surface area contributed by atoms with Crippen LogP contribution in [-0.2, 0) is 0 Å². The summed E-state index contributed by atoms with van der Waals surface area (Å²) >= 11 is 0. The summed E-state index contributed by atoms with van der Waals surface area (Å²) in [5, 5.41) is 0. The Morgan fingerprint density at radius 2 is 1.75 bits per heavy atom. The molecule has 0 spiro atoms. The monoisotopic (exact) mass is 380 g/mol. The fourth-order valence-electron chi connectivity index (χ4n) is 3.60. The van der Waals surface area contributed by atoms with Gasteiger partial charge in [-0.1, -0.05) is 0 Å². The zero-order chi connectivity index (χ0) is 19.7. The van der Waals surface area contributed by atoms with E-state index in [9.17, 15) is 14.4 Å². The zero-order valence-corrected chi connectivity index (χ0v) is 15.4. The molecule has 0 bridgehead atoms. The molecular formula is C21H20N2O5. The minimum atomic E-state index is -0.537. The molecule has 7 heteroatoms. The van der Waals surface area contributed by atoms with E-state index in [0.717, 1.165) is 0 Å². The lowest BCUT2D eigenvalue weighted by molar-refractivity contribution is 0.0650. The van der Waals surface area contributed by atoms with Crippen molar-refractivity contribution in [2.75, 3.05) is 20.2 Å². The largest absolute Gasteiger partial charge is 0.497 e. The van der Waals surface area contributed by atoms with Gasteiger partial charge in [0.2, 0.25) is 0 Å². The molecule has 2 aromatic carbocycles. The predicted octanol–water partition coefficient (Wildman–Crippen LogP) is 2.86. The second kappa shape index (κ2) is 7.34. The van der Waals surface area contributed by atoms with E-state index in [-0.39, 0.29) is 17.6 Å². The molecule has 1 amide bonds. The van der Waals surface area contributed by atoms with Crippen molar-refractivity contribution in [3.05, 3.63) is 64.1 Å².